The molecule has 1 atom stereocenters. The molecule has 0 radical (unpaired) electrons. The molecule has 0 aliphatic rings. The van der Waals surface area contributed by atoms with Gasteiger partial charge >= 0.3 is 0 Å². The number of nitrogens with two attached hydrogens (primary N) is 1. The van der Waals surface area contributed by atoms with Gasteiger partial charge in [0.1, 0.15) is 0 Å². The maximum atomic E-state index is 6.35. The van der Waals surface area contributed by atoms with E-state index in [9.17, 15) is 0 Å². The fraction of sp³-hybridized carbons (Fsp3) is 0.538. The first-order valence-corrected chi connectivity index (χ1v) is 6.64. The lowest BCUT2D eigenvalue weighted by molar-refractivity contribution is 0.123. The van der Waals surface area contributed by atoms with Crippen LogP contribution in [0.2, 0.25) is 10.0 Å². The van der Waals surface area contributed by atoms with E-state index >= 15 is 0 Å². The van der Waals surface area contributed by atoms with Crippen molar-refractivity contribution >= 4 is 23.2 Å². The van der Waals surface area contributed by atoms with Crippen molar-refractivity contribution in [3.63, 3.8) is 0 Å². The topological polar surface area (TPSA) is 29.3 Å². The van der Waals surface area contributed by atoms with Gasteiger partial charge in [-0.05, 0) is 37.7 Å². The SMILES string of the molecule is CCN(CC)C(C)(N)Cc1ccc(Cl)c(Cl)c1. The minimum atomic E-state index is -0.360. The molecule has 0 saturated heterocycles. The van der Waals surface area contributed by atoms with Crippen molar-refractivity contribution in [1.82, 2.24) is 4.90 Å². The molecule has 0 spiro atoms. The van der Waals surface area contributed by atoms with Crippen LogP contribution in [0.4, 0.5) is 0 Å². The smallest absolute Gasteiger partial charge is 0.0699 e. The van der Waals surface area contributed by atoms with Crippen LogP contribution in [0, 0.1) is 0 Å². The number of benzene rings is 1. The van der Waals surface area contributed by atoms with Crippen molar-refractivity contribution in [3.8, 4) is 0 Å². The largest absolute Gasteiger partial charge is 0.313 e. The molecule has 2 N–H and O–H groups in total. The summed E-state index contributed by atoms with van der Waals surface area (Å²) in [5, 5.41) is 1.16. The van der Waals surface area contributed by atoms with E-state index in [0.717, 1.165) is 25.1 Å². The summed E-state index contributed by atoms with van der Waals surface area (Å²) in [5.74, 6) is 0. The van der Waals surface area contributed by atoms with Gasteiger partial charge in [0.05, 0.1) is 15.7 Å². The van der Waals surface area contributed by atoms with E-state index in [-0.39, 0.29) is 5.66 Å². The summed E-state index contributed by atoms with van der Waals surface area (Å²) in [6, 6.07) is 5.68. The highest BCUT2D eigenvalue weighted by molar-refractivity contribution is 6.42. The van der Waals surface area contributed by atoms with Gasteiger partial charge in [-0.15, -0.1) is 0 Å². The number of hydrogen-bond donors (Lipinski definition) is 1. The van der Waals surface area contributed by atoms with Crippen LogP contribution in [-0.4, -0.2) is 23.7 Å². The molecule has 0 aromatic heterocycles. The number of rotatable bonds is 5. The lowest BCUT2D eigenvalue weighted by Gasteiger charge is -2.37. The molecular formula is C13H20Cl2N2. The molecule has 1 aromatic rings. The third-order valence-electron chi connectivity index (χ3n) is 3.03. The third-order valence-corrected chi connectivity index (χ3v) is 3.77. The number of likely N-dealkylation sites (N-methyl/N-ethyl adjacent to an activating group) is 1. The first-order valence-electron chi connectivity index (χ1n) is 5.88. The average molecular weight is 275 g/mol. The molecular weight excluding hydrogens is 255 g/mol. The molecule has 0 amide bonds. The van der Waals surface area contributed by atoms with E-state index in [4.69, 9.17) is 28.9 Å². The van der Waals surface area contributed by atoms with Gasteiger partial charge in [0.25, 0.3) is 0 Å². The Bertz CT molecular complexity index is 374. The summed E-state index contributed by atoms with van der Waals surface area (Å²) in [6.07, 6.45) is 0.756. The van der Waals surface area contributed by atoms with E-state index in [0.29, 0.717) is 10.0 Å². The second-order valence-corrected chi connectivity index (χ2v) is 5.27. The summed E-state index contributed by atoms with van der Waals surface area (Å²) in [7, 11) is 0. The number of nitrogens with zero attached hydrogens (tertiary/aromatic N) is 1. The molecule has 0 aliphatic carbocycles. The normalized spacial score (nSPS) is 15.0. The van der Waals surface area contributed by atoms with Crippen molar-refractivity contribution in [3.05, 3.63) is 33.8 Å². The van der Waals surface area contributed by atoms with E-state index in [1.54, 1.807) is 0 Å². The zero-order valence-electron chi connectivity index (χ0n) is 10.6. The van der Waals surface area contributed by atoms with Crippen LogP contribution in [0.1, 0.15) is 26.3 Å². The Morgan fingerprint density at radius 2 is 1.76 bits per heavy atom. The highest BCUT2D eigenvalue weighted by Gasteiger charge is 2.25. The van der Waals surface area contributed by atoms with Crippen LogP contribution in [0.15, 0.2) is 18.2 Å². The Labute approximate surface area is 114 Å². The van der Waals surface area contributed by atoms with E-state index in [1.807, 2.05) is 25.1 Å². The second-order valence-electron chi connectivity index (χ2n) is 4.45. The van der Waals surface area contributed by atoms with Gasteiger partial charge in [0.15, 0.2) is 0 Å². The molecule has 1 rings (SSSR count). The Morgan fingerprint density at radius 1 is 1.18 bits per heavy atom. The Kier molecular flexibility index (Phi) is 5.26. The summed E-state index contributed by atoms with van der Waals surface area (Å²) >= 11 is 11.9. The lowest BCUT2D eigenvalue weighted by atomic mass is 10.0. The summed E-state index contributed by atoms with van der Waals surface area (Å²) in [4.78, 5) is 2.23. The second kappa shape index (κ2) is 6.05. The maximum absolute atomic E-state index is 6.35. The average Bonchev–Trinajstić information content (AvgIpc) is 2.24. The van der Waals surface area contributed by atoms with Gasteiger partial charge in [0.2, 0.25) is 0 Å². The van der Waals surface area contributed by atoms with Crippen LogP contribution in [0.3, 0.4) is 0 Å². The maximum Gasteiger partial charge on any atom is 0.0699 e. The Morgan fingerprint density at radius 3 is 2.24 bits per heavy atom. The molecule has 0 fully saturated rings. The van der Waals surface area contributed by atoms with Crippen LogP contribution < -0.4 is 5.73 Å². The summed E-state index contributed by atoms with van der Waals surface area (Å²) in [6.45, 7) is 8.14. The van der Waals surface area contributed by atoms with Gasteiger partial charge in [0, 0.05) is 6.42 Å². The number of halogens is 2. The highest BCUT2D eigenvalue weighted by atomic mass is 35.5. The van der Waals surface area contributed by atoms with Crippen LogP contribution in [0.25, 0.3) is 0 Å². The fourth-order valence-corrected chi connectivity index (χ4v) is 2.44. The predicted molar refractivity (Wildman–Crippen MR) is 75.7 cm³/mol. The molecule has 96 valence electrons. The minimum absolute atomic E-state index is 0.360. The van der Waals surface area contributed by atoms with Gasteiger partial charge in [-0.25, -0.2) is 0 Å². The first kappa shape index (κ1) is 14.8. The van der Waals surface area contributed by atoms with Crippen molar-refractivity contribution in [2.24, 2.45) is 5.73 Å². The molecule has 0 saturated carbocycles. The van der Waals surface area contributed by atoms with E-state index in [2.05, 4.69) is 18.7 Å². The molecule has 0 bridgehead atoms. The highest BCUT2D eigenvalue weighted by Crippen LogP contribution is 2.25. The quantitative estimate of drug-likeness (QED) is 0.833. The first-order chi connectivity index (χ1) is 7.90. The predicted octanol–water partition coefficient (Wildman–Crippen LogP) is 3.55. The zero-order chi connectivity index (χ0) is 13.1. The van der Waals surface area contributed by atoms with Gasteiger partial charge in [-0.2, -0.15) is 0 Å². The standard InChI is InChI=1S/C13H20Cl2N2/c1-4-17(5-2)13(3,16)9-10-6-7-11(14)12(15)8-10/h6-8H,4-5,9,16H2,1-3H3. The van der Waals surface area contributed by atoms with Crippen molar-refractivity contribution < 1.29 is 0 Å². The lowest BCUT2D eigenvalue weighted by Crippen LogP contribution is -2.55. The fourth-order valence-electron chi connectivity index (χ4n) is 2.12. The van der Waals surface area contributed by atoms with E-state index < -0.39 is 0 Å². The molecule has 0 heterocycles. The van der Waals surface area contributed by atoms with Crippen LogP contribution in [-0.2, 0) is 6.42 Å². The van der Waals surface area contributed by atoms with Gasteiger partial charge in [-0.1, -0.05) is 43.1 Å². The zero-order valence-corrected chi connectivity index (χ0v) is 12.1. The van der Waals surface area contributed by atoms with Crippen molar-refractivity contribution in [2.45, 2.75) is 32.9 Å². The van der Waals surface area contributed by atoms with E-state index in [1.165, 1.54) is 0 Å². The molecule has 4 heteroatoms. The third kappa shape index (κ3) is 3.85. The minimum Gasteiger partial charge on any atom is -0.313 e. The van der Waals surface area contributed by atoms with Gasteiger partial charge in [-0.3, -0.25) is 4.90 Å². The molecule has 1 unspecified atom stereocenters. The molecule has 1 aromatic carbocycles. The van der Waals surface area contributed by atoms with Crippen molar-refractivity contribution in [1.29, 1.82) is 0 Å². The van der Waals surface area contributed by atoms with Crippen molar-refractivity contribution in [2.75, 3.05) is 13.1 Å². The summed E-state index contributed by atoms with van der Waals surface area (Å²) in [5.41, 5.74) is 7.10. The van der Waals surface area contributed by atoms with Crippen LogP contribution in [0.5, 0.6) is 0 Å². The molecule has 17 heavy (non-hydrogen) atoms. The summed E-state index contributed by atoms with van der Waals surface area (Å²) < 4.78 is 0. The molecule has 2 nitrogen and oxygen atoms in total. The van der Waals surface area contributed by atoms with Crippen LogP contribution >= 0.6 is 23.2 Å². The Hall–Kier alpha value is -0.280. The monoisotopic (exact) mass is 274 g/mol. The number of hydrogen-bond acceptors (Lipinski definition) is 2. The van der Waals surface area contributed by atoms with Gasteiger partial charge < -0.3 is 5.73 Å². The Balaban J connectivity index is 2.85. The molecule has 0 aliphatic heterocycles.